The number of nitrogens with one attached hydrogen (secondary N) is 2. The highest BCUT2D eigenvalue weighted by Crippen LogP contribution is 2.41. The van der Waals surface area contributed by atoms with E-state index in [1.54, 1.807) is 44.7 Å². The average molecular weight is 707 g/mol. The monoisotopic (exact) mass is 706 g/mol. The van der Waals surface area contributed by atoms with Gasteiger partial charge < -0.3 is 22.1 Å². The summed E-state index contributed by atoms with van der Waals surface area (Å²) in [5.74, 6) is 0.827. The number of hydrogen-bond acceptors (Lipinski definition) is 10. The Morgan fingerprint density at radius 3 is 2.00 bits per heavy atom. The van der Waals surface area contributed by atoms with E-state index in [2.05, 4.69) is 20.6 Å². The van der Waals surface area contributed by atoms with Gasteiger partial charge in [0.15, 0.2) is 11.3 Å². The topological polar surface area (TPSA) is 163 Å². The average Bonchev–Trinajstić information content (AvgIpc) is 3.70. The summed E-state index contributed by atoms with van der Waals surface area (Å²) in [4.78, 5) is 18.4. The van der Waals surface area contributed by atoms with Crippen LogP contribution in [-0.2, 0) is 13.1 Å². The van der Waals surface area contributed by atoms with Gasteiger partial charge in [-0.1, -0.05) is 6.07 Å². The molecule has 14 heteroatoms. The molecule has 0 radical (unpaired) electrons. The van der Waals surface area contributed by atoms with Crippen molar-refractivity contribution >= 4 is 34.0 Å². The quantitative estimate of drug-likeness (QED) is 0.138. The Balaban J connectivity index is 1.12. The van der Waals surface area contributed by atoms with Crippen molar-refractivity contribution < 1.29 is 8.78 Å². The number of halogens is 2. The lowest BCUT2D eigenvalue weighted by Gasteiger charge is -2.35. The molecule has 4 aromatic heterocycles. The number of nitrogens with zero attached hydrogens (tertiary/aromatic N) is 8. The number of aromatic nitrogens is 8. The largest absolute Gasteiger partial charge is 0.357 e. The molecule has 2 aliphatic rings. The van der Waals surface area contributed by atoms with Crippen LogP contribution in [0.25, 0.3) is 44.6 Å². The van der Waals surface area contributed by atoms with Crippen LogP contribution in [0.2, 0.25) is 0 Å². The van der Waals surface area contributed by atoms with Gasteiger partial charge in [-0.15, -0.1) is 0 Å². The second kappa shape index (κ2) is 14.2. The fourth-order valence-corrected chi connectivity index (χ4v) is 8.12. The van der Waals surface area contributed by atoms with Crippen molar-refractivity contribution in [2.45, 2.75) is 76.0 Å². The SMILES string of the molecule is CNc1ncc2c(-c3ccc(F)cc3)nn(C[C@H]3CCC(N)CC3c3ccc(-c4nn(CC5CCC(N)CC5)c5nc(NC)ncc45)c(F)c3)c2n1. The van der Waals surface area contributed by atoms with E-state index in [1.165, 1.54) is 12.1 Å². The van der Waals surface area contributed by atoms with Gasteiger partial charge in [0.25, 0.3) is 0 Å². The van der Waals surface area contributed by atoms with Crippen molar-refractivity contribution in [1.29, 1.82) is 0 Å². The minimum atomic E-state index is -0.349. The minimum Gasteiger partial charge on any atom is -0.357 e. The number of rotatable bonds is 9. The van der Waals surface area contributed by atoms with Crippen LogP contribution in [0, 0.1) is 23.5 Å². The Hall–Kier alpha value is -5.08. The van der Waals surface area contributed by atoms with Crippen molar-refractivity contribution in [1.82, 2.24) is 39.5 Å². The van der Waals surface area contributed by atoms with E-state index >= 15 is 4.39 Å². The van der Waals surface area contributed by atoms with Crippen LogP contribution >= 0.6 is 0 Å². The lowest BCUT2D eigenvalue weighted by molar-refractivity contribution is 0.247. The van der Waals surface area contributed by atoms with Crippen molar-refractivity contribution in [2.75, 3.05) is 24.7 Å². The lowest BCUT2D eigenvalue weighted by Crippen LogP contribution is -2.34. The van der Waals surface area contributed by atoms with Gasteiger partial charge in [0, 0.05) is 62.8 Å². The number of fused-ring (bicyclic) bond motifs is 2. The summed E-state index contributed by atoms with van der Waals surface area (Å²) in [6.45, 7) is 1.24. The number of benzene rings is 2. The normalized spacial score (nSPS) is 22.2. The van der Waals surface area contributed by atoms with E-state index in [0.717, 1.165) is 55.0 Å². The molecular weight excluding hydrogens is 662 g/mol. The number of hydrogen-bond donors (Lipinski definition) is 4. The van der Waals surface area contributed by atoms with Gasteiger partial charge >= 0.3 is 0 Å². The smallest absolute Gasteiger partial charge is 0.224 e. The van der Waals surface area contributed by atoms with Crippen LogP contribution in [-0.4, -0.2) is 65.7 Å². The summed E-state index contributed by atoms with van der Waals surface area (Å²) in [5.41, 5.74) is 17.4. The maximum Gasteiger partial charge on any atom is 0.224 e. The maximum atomic E-state index is 16.4. The zero-order valence-corrected chi connectivity index (χ0v) is 29.4. The first kappa shape index (κ1) is 34.0. The summed E-state index contributed by atoms with van der Waals surface area (Å²) in [6, 6.07) is 12.0. The molecule has 6 aromatic rings. The second-order valence-corrected chi connectivity index (χ2v) is 14.4. The van der Waals surface area contributed by atoms with Crippen molar-refractivity contribution in [3.8, 4) is 22.5 Å². The Labute approximate surface area is 300 Å². The van der Waals surface area contributed by atoms with Gasteiger partial charge in [0.1, 0.15) is 23.0 Å². The summed E-state index contributed by atoms with van der Waals surface area (Å²) >= 11 is 0. The Bertz CT molecular complexity index is 2210. The van der Waals surface area contributed by atoms with E-state index in [0.29, 0.717) is 71.0 Å². The van der Waals surface area contributed by atoms with Crippen LogP contribution in [0.1, 0.15) is 56.4 Å². The van der Waals surface area contributed by atoms with Crippen molar-refractivity contribution in [3.05, 3.63) is 72.1 Å². The van der Waals surface area contributed by atoms with E-state index < -0.39 is 0 Å². The van der Waals surface area contributed by atoms with E-state index in [4.69, 9.17) is 31.6 Å². The van der Waals surface area contributed by atoms with Crippen LogP contribution in [0.5, 0.6) is 0 Å². The molecule has 2 unspecified atom stereocenters. The molecule has 2 saturated carbocycles. The fourth-order valence-electron chi connectivity index (χ4n) is 8.12. The number of anilines is 2. The van der Waals surface area contributed by atoms with Gasteiger partial charge in [-0.25, -0.2) is 28.1 Å². The number of nitrogens with two attached hydrogens (primary N) is 2. The van der Waals surface area contributed by atoms with Crippen LogP contribution in [0.15, 0.2) is 54.9 Å². The predicted octanol–water partition coefficient (Wildman–Crippen LogP) is 6.09. The molecule has 0 bridgehead atoms. The highest BCUT2D eigenvalue weighted by Gasteiger charge is 2.33. The van der Waals surface area contributed by atoms with Gasteiger partial charge in [-0.05, 0) is 105 Å². The van der Waals surface area contributed by atoms with E-state index in [-0.39, 0.29) is 35.6 Å². The van der Waals surface area contributed by atoms with Crippen LogP contribution in [0.4, 0.5) is 20.7 Å². The molecule has 0 spiro atoms. The molecule has 12 nitrogen and oxygen atoms in total. The molecule has 6 N–H and O–H groups in total. The van der Waals surface area contributed by atoms with Gasteiger partial charge in [0.05, 0.1) is 10.8 Å². The third kappa shape index (κ3) is 6.56. The molecule has 8 rings (SSSR count). The summed E-state index contributed by atoms with van der Waals surface area (Å²) in [7, 11) is 3.55. The zero-order chi connectivity index (χ0) is 35.9. The molecular formula is C38H44F2N12. The third-order valence-corrected chi connectivity index (χ3v) is 11.0. The maximum absolute atomic E-state index is 16.4. The second-order valence-electron chi connectivity index (χ2n) is 14.4. The Morgan fingerprint density at radius 2 is 1.35 bits per heavy atom. The summed E-state index contributed by atoms with van der Waals surface area (Å²) < 4.78 is 34.0. The fraction of sp³-hybridized carbons (Fsp3) is 0.421. The molecule has 0 aliphatic heterocycles. The first-order valence-corrected chi connectivity index (χ1v) is 18.2. The zero-order valence-electron chi connectivity index (χ0n) is 29.4. The van der Waals surface area contributed by atoms with E-state index in [9.17, 15) is 4.39 Å². The predicted molar refractivity (Wildman–Crippen MR) is 199 cm³/mol. The molecule has 0 amide bonds. The molecule has 2 aromatic carbocycles. The molecule has 52 heavy (non-hydrogen) atoms. The van der Waals surface area contributed by atoms with Gasteiger partial charge in [0.2, 0.25) is 11.9 Å². The molecule has 270 valence electrons. The van der Waals surface area contributed by atoms with Crippen molar-refractivity contribution in [3.63, 3.8) is 0 Å². The van der Waals surface area contributed by atoms with Crippen LogP contribution in [0.3, 0.4) is 0 Å². The Kier molecular flexibility index (Phi) is 9.26. The van der Waals surface area contributed by atoms with E-state index in [1.807, 2.05) is 21.5 Å². The third-order valence-electron chi connectivity index (χ3n) is 11.0. The standard InChI is InChI=1S/C38H44F2N12/c1-43-37-45-17-30-33(22-5-9-25(39)10-6-22)49-52(35(30)47-37)20-24-7-13-27(42)16-29(24)23-8-14-28(32(40)15-23)34-31-18-46-38(44-2)48-36(31)51(50-34)19-21-3-11-26(41)12-4-21/h5-6,8-10,14-15,17-18,21,24,26-27,29H,3-4,7,11-13,16,19-20,41-42H2,1-2H3,(H,43,45,47)(H,44,46,48)/t21?,24-,26?,27?,29?/m1/s1. The minimum absolute atomic E-state index is 0.00107. The molecule has 0 saturated heterocycles. The van der Waals surface area contributed by atoms with Crippen LogP contribution < -0.4 is 22.1 Å². The molecule has 4 heterocycles. The lowest BCUT2D eigenvalue weighted by atomic mass is 9.73. The first-order chi connectivity index (χ1) is 25.3. The highest BCUT2D eigenvalue weighted by molar-refractivity contribution is 5.92. The van der Waals surface area contributed by atoms with Crippen molar-refractivity contribution in [2.24, 2.45) is 23.3 Å². The molecule has 2 fully saturated rings. The first-order valence-electron chi connectivity index (χ1n) is 18.2. The Morgan fingerprint density at radius 1 is 0.731 bits per heavy atom. The molecule has 2 aliphatic carbocycles. The summed E-state index contributed by atoms with van der Waals surface area (Å²) in [6.07, 6.45) is 9.93. The highest BCUT2D eigenvalue weighted by atomic mass is 19.1. The van der Waals surface area contributed by atoms with Gasteiger partial charge in [-0.2, -0.15) is 20.2 Å². The molecule has 3 atom stereocenters. The van der Waals surface area contributed by atoms with Gasteiger partial charge in [-0.3, -0.25) is 0 Å². The summed E-state index contributed by atoms with van der Waals surface area (Å²) in [5, 5.41) is 17.5.